The Kier molecular flexibility index (Phi) is 6.60. The number of hydrogen-bond donors (Lipinski definition) is 0. The molecule has 0 aliphatic carbocycles. The first-order valence-corrected chi connectivity index (χ1v) is 8.76. The van der Waals surface area contributed by atoms with Crippen molar-refractivity contribution < 1.29 is 19.0 Å². The zero-order valence-corrected chi connectivity index (χ0v) is 14.3. The first kappa shape index (κ1) is 17.6. The number of carbonyl (C=O) groups is 1. The lowest BCUT2D eigenvalue weighted by molar-refractivity contribution is -0.164. The minimum atomic E-state index is -0.183. The highest BCUT2D eigenvalue weighted by Crippen LogP contribution is 2.21. The molecule has 1 heterocycles. The molecule has 1 saturated heterocycles. The van der Waals surface area contributed by atoms with Gasteiger partial charge >= 0.3 is 5.97 Å². The Labute approximate surface area is 148 Å². The van der Waals surface area contributed by atoms with Crippen LogP contribution in [-0.2, 0) is 32.2 Å². The quantitative estimate of drug-likeness (QED) is 0.540. The highest BCUT2D eigenvalue weighted by molar-refractivity contribution is 5.71. The summed E-state index contributed by atoms with van der Waals surface area (Å²) in [4.78, 5) is 11.8. The Balaban J connectivity index is 1.39. The summed E-state index contributed by atoms with van der Waals surface area (Å²) >= 11 is 0. The van der Waals surface area contributed by atoms with Crippen molar-refractivity contribution in [2.24, 2.45) is 0 Å². The molecule has 2 atom stereocenters. The van der Waals surface area contributed by atoms with Crippen molar-refractivity contribution in [3.8, 4) is 0 Å². The van der Waals surface area contributed by atoms with E-state index in [1.54, 1.807) is 0 Å². The summed E-state index contributed by atoms with van der Waals surface area (Å²) in [6.07, 6.45) is 1.55. The second-order valence-electron chi connectivity index (χ2n) is 6.30. The van der Waals surface area contributed by atoms with Gasteiger partial charge in [-0.3, -0.25) is 4.79 Å². The topological polar surface area (TPSA) is 44.8 Å². The van der Waals surface area contributed by atoms with Gasteiger partial charge in [0.15, 0.2) is 0 Å². The number of ether oxygens (including phenoxy) is 3. The maximum absolute atomic E-state index is 11.8. The normalized spacial score (nSPS) is 20.2. The van der Waals surface area contributed by atoms with Gasteiger partial charge in [0.1, 0.15) is 6.10 Å². The van der Waals surface area contributed by atoms with E-state index in [9.17, 15) is 4.79 Å². The predicted molar refractivity (Wildman–Crippen MR) is 94.8 cm³/mol. The molecule has 0 amide bonds. The van der Waals surface area contributed by atoms with E-state index in [2.05, 4.69) is 0 Å². The van der Waals surface area contributed by atoms with Gasteiger partial charge in [0.25, 0.3) is 0 Å². The summed E-state index contributed by atoms with van der Waals surface area (Å²) in [5.74, 6) is -0.183. The highest BCUT2D eigenvalue weighted by Gasteiger charge is 2.29. The Morgan fingerprint density at radius 3 is 2.24 bits per heavy atom. The molecule has 25 heavy (non-hydrogen) atoms. The number of benzene rings is 2. The molecule has 1 aliphatic rings. The fraction of sp³-hybridized carbons (Fsp3) is 0.381. The lowest BCUT2D eigenvalue weighted by Gasteiger charge is -2.29. The molecule has 1 fully saturated rings. The van der Waals surface area contributed by atoms with E-state index >= 15 is 0 Å². The molecule has 2 aromatic rings. The van der Waals surface area contributed by atoms with Gasteiger partial charge in [-0.05, 0) is 11.1 Å². The summed E-state index contributed by atoms with van der Waals surface area (Å²) in [5, 5.41) is 0. The van der Waals surface area contributed by atoms with E-state index in [4.69, 9.17) is 14.2 Å². The number of hydrogen-bond acceptors (Lipinski definition) is 4. The molecular weight excluding hydrogens is 316 g/mol. The van der Waals surface area contributed by atoms with Crippen LogP contribution in [-0.4, -0.2) is 24.8 Å². The van der Waals surface area contributed by atoms with Crippen molar-refractivity contribution in [2.45, 2.75) is 44.7 Å². The average molecular weight is 340 g/mol. The van der Waals surface area contributed by atoms with Gasteiger partial charge in [-0.2, -0.15) is 0 Å². The van der Waals surface area contributed by atoms with Gasteiger partial charge in [0.05, 0.1) is 32.3 Å². The van der Waals surface area contributed by atoms with Crippen molar-refractivity contribution in [3.63, 3.8) is 0 Å². The molecule has 0 spiro atoms. The van der Waals surface area contributed by atoms with Crippen LogP contribution in [0.5, 0.6) is 0 Å². The molecule has 4 nitrogen and oxygen atoms in total. The third kappa shape index (κ3) is 6.00. The third-order valence-corrected chi connectivity index (χ3v) is 4.24. The predicted octanol–water partition coefficient (Wildman–Crippen LogP) is 3.88. The Morgan fingerprint density at radius 2 is 1.56 bits per heavy atom. The maximum atomic E-state index is 11.8. The van der Waals surface area contributed by atoms with Crippen molar-refractivity contribution in [2.75, 3.05) is 6.61 Å². The molecule has 0 bridgehead atoms. The van der Waals surface area contributed by atoms with Crippen molar-refractivity contribution >= 4 is 5.97 Å². The van der Waals surface area contributed by atoms with Crippen LogP contribution in [0.15, 0.2) is 60.7 Å². The number of rotatable bonds is 8. The monoisotopic (exact) mass is 340 g/mol. The molecule has 0 saturated carbocycles. The minimum absolute atomic E-state index is 0.0828. The zero-order valence-electron chi connectivity index (χ0n) is 14.3. The number of cyclic esters (lactones) is 1. The van der Waals surface area contributed by atoms with Gasteiger partial charge < -0.3 is 14.2 Å². The van der Waals surface area contributed by atoms with Crippen LogP contribution in [0.3, 0.4) is 0 Å². The third-order valence-electron chi connectivity index (χ3n) is 4.24. The van der Waals surface area contributed by atoms with E-state index in [-0.39, 0.29) is 18.2 Å². The summed E-state index contributed by atoms with van der Waals surface area (Å²) in [6, 6.07) is 20.1. The summed E-state index contributed by atoms with van der Waals surface area (Å²) in [6.45, 7) is 1.67. The van der Waals surface area contributed by atoms with Gasteiger partial charge in [0, 0.05) is 12.8 Å². The summed E-state index contributed by atoms with van der Waals surface area (Å²) in [7, 11) is 0. The largest absolute Gasteiger partial charge is 0.462 e. The molecular formula is C21H24O4. The summed E-state index contributed by atoms with van der Waals surface area (Å²) < 4.78 is 17.0. The van der Waals surface area contributed by atoms with Crippen LogP contribution in [0.2, 0.25) is 0 Å². The average Bonchev–Trinajstić information content (AvgIpc) is 2.65. The second kappa shape index (κ2) is 9.35. The van der Waals surface area contributed by atoms with Crippen molar-refractivity contribution in [1.82, 2.24) is 0 Å². The van der Waals surface area contributed by atoms with Crippen LogP contribution in [0.1, 0.15) is 30.4 Å². The van der Waals surface area contributed by atoms with E-state index in [0.29, 0.717) is 32.7 Å². The van der Waals surface area contributed by atoms with Gasteiger partial charge in [0.2, 0.25) is 0 Å². The standard InChI is InChI=1S/C21H24O4/c22-21-14-20(24-16-18-9-5-2-6-10-18)13-19(25-21)11-12-23-15-17-7-3-1-4-8-17/h1-10,19-20H,11-16H2/t19-,20-/m0/s1. The highest BCUT2D eigenvalue weighted by atomic mass is 16.6. The van der Waals surface area contributed by atoms with Crippen LogP contribution in [0.25, 0.3) is 0 Å². The number of carbonyl (C=O) groups excluding carboxylic acids is 1. The molecule has 0 N–H and O–H groups in total. The summed E-state index contributed by atoms with van der Waals surface area (Å²) in [5.41, 5.74) is 2.26. The molecule has 0 radical (unpaired) electrons. The number of esters is 1. The Bertz CT molecular complexity index is 641. The fourth-order valence-electron chi connectivity index (χ4n) is 2.92. The fourth-order valence-corrected chi connectivity index (χ4v) is 2.92. The minimum Gasteiger partial charge on any atom is -0.462 e. The molecule has 0 aromatic heterocycles. The van der Waals surface area contributed by atoms with E-state index in [0.717, 1.165) is 17.5 Å². The van der Waals surface area contributed by atoms with Gasteiger partial charge in [-0.25, -0.2) is 0 Å². The van der Waals surface area contributed by atoms with Crippen LogP contribution >= 0.6 is 0 Å². The lowest BCUT2D eigenvalue weighted by Crippen LogP contribution is -2.34. The lowest BCUT2D eigenvalue weighted by atomic mass is 10.0. The van der Waals surface area contributed by atoms with E-state index < -0.39 is 0 Å². The second-order valence-corrected chi connectivity index (χ2v) is 6.30. The molecule has 3 rings (SSSR count). The smallest absolute Gasteiger partial charge is 0.308 e. The SMILES string of the molecule is O=C1C[C@@H](OCc2ccccc2)C[C@H](CCOCc2ccccc2)O1. The Hall–Kier alpha value is -2.17. The van der Waals surface area contributed by atoms with Crippen LogP contribution < -0.4 is 0 Å². The Morgan fingerprint density at radius 1 is 0.920 bits per heavy atom. The van der Waals surface area contributed by atoms with Crippen molar-refractivity contribution in [1.29, 1.82) is 0 Å². The maximum Gasteiger partial charge on any atom is 0.308 e. The first-order chi connectivity index (χ1) is 12.3. The molecule has 4 heteroatoms. The van der Waals surface area contributed by atoms with Crippen molar-refractivity contribution in [3.05, 3.63) is 71.8 Å². The first-order valence-electron chi connectivity index (χ1n) is 8.76. The molecule has 0 unspecified atom stereocenters. The van der Waals surface area contributed by atoms with Crippen LogP contribution in [0, 0.1) is 0 Å². The van der Waals surface area contributed by atoms with Gasteiger partial charge in [-0.15, -0.1) is 0 Å². The zero-order chi connectivity index (χ0) is 17.3. The molecule has 132 valence electrons. The molecule has 1 aliphatic heterocycles. The van der Waals surface area contributed by atoms with Crippen LogP contribution in [0.4, 0.5) is 0 Å². The van der Waals surface area contributed by atoms with E-state index in [1.165, 1.54) is 0 Å². The molecule has 2 aromatic carbocycles. The van der Waals surface area contributed by atoms with E-state index in [1.807, 2.05) is 60.7 Å². The van der Waals surface area contributed by atoms with Gasteiger partial charge in [-0.1, -0.05) is 60.7 Å².